The zero-order valence-electron chi connectivity index (χ0n) is 22.8. The van der Waals surface area contributed by atoms with E-state index in [9.17, 15) is 5.26 Å². The van der Waals surface area contributed by atoms with E-state index in [1.54, 1.807) is 20.4 Å². The first-order valence-electron chi connectivity index (χ1n) is 13.8. The highest BCUT2D eigenvalue weighted by Gasteiger charge is 2.44. The molecule has 8 heterocycles. The minimum absolute atomic E-state index is 0.229. The third-order valence-electron chi connectivity index (χ3n) is 8.66. The van der Waals surface area contributed by atoms with Crippen LogP contribution in [-0.2, 0) is 11.3 Å². The van der Waals surface area contributed by atoms with Gasteiger partial charge in [0.1, 0.15) is 11.9 Å². The van der Waals surface area contributed by atoms with Crippen LogP contribution in [0.25, 0.3) is 16.6 Å². The second-order valence-corrected chi connectivity index (χ2v) is 10.9. The summed E-state index contributed by atoms with van der Waals surface area (Å²) >= 11 is 0. The molecule has 0 saturated carbocycles. The zero-order chi connectivity index (χ0) is 27.2. The van der Waals surface area contributed by atoms with Gasteiger partial charge >= 0.3 is 0 Å². The van der Waals surface area contributed by atoms with Crippen molar-refractivity contribution in [3.05, 3.63) is 66.2 Å². The van der Waals surface area contributed by atoms with Gasteiger partial charge in [-0.15, -0.1) is 0 Å². The molecule has 0 spiro atoms. The Balaban J connectivity index is 1.10. The SMILES string of the molecule is COc1ccc(CN2C3CC2CN(c2ccc(-c4cc(N5CC[C@H](OC)C5)cn5ncc(C#N)c45)cn2)C3)cn1. The van der Waals surface area contributed by atoms with Gasteiger partial charge in [0, 0.05) is 81.5 Å². The van der Waals surface area contributed by atoms with Crippen LogP contribution in [0.15, 0.2) is 55.1 Å². The number of ether oxygens (including phenoxy) is 2. The number of methoxy groups -OCH3 is 2. The molecule has 0 radical (unpaired) electrons. The number of piperazine rings is 1. The molecule has 0 N–H and O–H groups in total. The number of nitriles is 1. The predicted octanol–water partition coefficient (Wildman–Crippen LogP) is 3.36. The van der Waals surface area contributed by atoms with E-state index in [4.69, 9.17) is 14.5 Å². The summed E-state index contributed by atoms with van der Waals surface area (Å²) in [5.74, 6) is 1.64. The molecule has 2 bridgehead atoms. The molecule has 8 rings (SSSR count). The molecule has 10 heteroatoms. The van der Waals surface area contributed by atoms with E-state index in [2.05, 4.69) is 55.1 Å². The fourth-order valence-corrected chi connectivity index (χ4v) is 6.44. The summed E-state index contributed by atoms with van der Waals surface area (Å²) in [5, 5.41) is 14.2. The second-order valence-electron chi connectivity index (χ2n) is 10.9. The molecule has 4 fully saturated rings. The van der Waals surface area contributed by atoms with E-state index < -0.39 is 0 Å². The van der Waals surface area contributed by atoms with Crippen LogP contribution in [0.5, 0.6) is 5.88 Å². The minimum Gasteiger partial charge on any atom is -0.481 e. The number of nitrogens with zero attached hydrogens (tertiary/aromatic N) is 8. The summed E-state index contributed by atoms with van der Waals surface area (Å²) in [6, 6.07) is 13.8. The van der Waals surface area contributed by atoms with Crippen LogP contribution in [0.2, 0.25) is 0 Å². The first-order chi connectivity index (χ1) is 19.6. The third kappa shape index (κ3) is 4.31. The molecule has 0 amide bonds. The summed E-state index contributed by atoms with van der Waals surface area (Å²) in [4.78, 5) is 16.5. The van der Waals surface area contributed by atoms with E-state index in [1.165, 1.54) is 12.0 Å². The van der Waals surface area contributed by atoms with Gasteiger partial charge in [-0.1, -0.05) is 6.07 Å². The number of rotatable bonds is 7. The largest absolute Gasteiger partial charge is 0.481 e. The Bertz CT molecular complexity index is 1550. The van der Waals surface area contributed by atoms with Crippen LogP contribution in [0, 0.1) is 11.3 Å². The van der Waals surface area contributed by atoms with Gasteiger partial charge in [-0.2, -0.15) is 10.4 Å². The normalized spacial score (nSPS) is 22.4. The van der Waals surface area contributed by atoms with Gasteiger partial charge in [0.2, 0.25) is 5.88 Å². The fourth-order valence-electron chi connectivity index (χ4n) is 6.44. The lowest BCUT2D eigenvalue weighted by atomic mass is 9.87. The van der Waals surface area contributed by atoms with Crippen molar-refractivity contribution in [2.75, 3.05) is 50.2 Å². The highest BCUT2D eigenvalue weighted by Crippen LogP contribution is 2.37. The summed E-state index contributed by atoms with van der Waals surface area (Å²) in [7, 11) is 3.41. The highest BCUT2D eigenvalue weighted by molar-refractivity contribution is 5.86. The molecule has 4 saturated heterocycles. The molecule has 0 aromatic carbocycles. The smallest absolute Gasteiger partial charge is 0.212 e. The number of anilines is 2. The number of piperidine rings is 1. The van der Waals surface area contributed by atoms with Crippen molar-refractivity contribution in [3.8, 4) is 23.1 Å². The van der Waals surface area contributed by atoms with Crippen LogP contribution in [0.4, 0.5) is 11.5 Å². The molecular weight excluding hydrogens is 504 g/mol. The van der Waals surface area contributed by atoms with E-state index >= 15 is 0 Å². The quantitative estimate of drug-likeness (QED) is 0.352. The molecule has 4 aromatic heterocycles. The Labute approximate surface area is 233 Å². The van der Waals surface area contributed by atoms with Crippen LogP contribution < -0.4 is 14.5 Å². The fraction of sp³-hybridized carbons (Fsp3) is 0.400. The maximum absolute atomic E-state index is 9.76. The maximum Gasteiger partial charge on any atom is 0.212 e. The van der Waals surface area contributed by atoms with Crippen LogP contribution in [0.3, 0.4) is 0 Å². The van der Waals surface area contributed by atoms with Crippen molar-refractivity contribution >= 4 is 17.0 Å². The third-order valence-corrected chi connectivity index (χ3v) is 8.66. The Morgan fingerprint density at radius 2 is 1.88 bits per heavy atom. The maximum atomic E-state index is 9.76. The summed E-state index contributed by atoms with van der Waals surface area (Å²) < 4.78 is 12.6. The first-order valence-corrected chi connectivity index (χ1v) is 13.8. The van der Waals surface area contributed by atoms with Gasteiger partial charge in [0.25, 0.3) is 0 Å². The molecule has 4 aromatic rings. The average Bonchev–Trinajstić information content (AvgIpc) is 3.67. The molecule has 2 unspecified atom stereocenters. The van der Waals surface area contributed by atoms with E-state index in [1.807, 2.05) is 29.2 Å². The van der Waals surface area contributed by atoms with Crippen molar-refractivity contribution in [1.29, 1.82) is 5.26 Å². The molecule has 40 heavy (non-hydrogen) atoms. The monoisotopic (exact) mass is 536 g/mol. The zero-order valence-corrected chi connectivity index (χ0v) is 22.8. The summed E-state index contributed by atoms with van der Waals surface area (Å²) in [5.41, 5.74) is 5.60. The molecular formula is C30H32N8O2. The van der Waals surface area contributed by atoms with Crippen molar-refractivity contribution in [2.45, 2.75) is 37.6 Å². The molecule has 10 nitrogen and oxygen atoms in total. The van der Waals surface area contributed by atoms with E-state index in [0.29, 0.717) is 23.5 Å². The Hall–Kier alpha value is -4.20. The van der Waals surface area contributed by atoms with Crippen molar-refractivity contribution in [1.82, 2.24) is 24.5 Å². The van der Waals surface area contributed by atoms with Gasteiger partial charge in [0.05, 0.1) is 42.4 Å². The van der Waals surface area contributed by atoms with Gasteiger partial charge in [-0.05, 0) is 36.6 Å². The molecule has 3 atom stereocenters. The van der Waals surface area contributed by atoms with Crippen LogP contribution in [0.1, 0.15) is 24.0 Å². The Morgan fingerprint density at radius 3 is 2.55 bits per heavy atom. The minimum atomic E-state index is 0.229. The average molecular weight is 537 g/mol. The highest BCUT2D eigenvalue weighted by atomic mass is 16.5. The number of hydrogen-bond donors (Lipinski definition) is 0. The number of hydrogen-bond acceptors (Lipinski definition) is 9. The van der Waals surface area contributed by atoms with Gasteiger partial charge < -0.3 is 19.3 Å². The lowest BCUT2D eigenvalue weighted by Gasteiger charge is -2.56. The number of fused-ring (bicyclic) bond motifs is 3. The van der Waals surface area contributed by atoms with Gasteiger partial charge in [-0.3, -0.25) is 4.90 Å². The summed E-state index contributed by atoms with van der Waals surface area (Å²) in [6.45, 7) is 4.60. The van der Waals surface area contributed by atoms with Gasteiger partial charge in [0.15, 0.2) is 0 Å². The van der Waals surface area contributed by atoms with Gasteiger partial charge in [-0.25, -0.2) is 14.5 Å². The standard InChI is InChI=1S/C30H32N8O2/c1-39-26-7-8-35(19-26)23-10-27(30-22(11-31)14-34-38(30)18-23)21-4-5-28(32-13-21)36-16-24-9-25(17-36)37(24)15-20-3-6-29(40-2)33-12-20/h3-6,10,12-14,18,24-26H,7-9,15-17,19H2,1-2H3/t24?,25?,26-/m0/s1. The molecule has 0 aliphatic carbocycles. The first kappa shape index (κ1) is 24.8. The summed E-state index contributed by atoms with van der Waals surface area (Å²) in [6.07, 6.45) is 9.94. The van der Waals surface area contributed by atoms with E-state index in [-0.39, 0.29) is 6.10 Å². The number of pyridine rings is 3. The number of aromatic nitrogens is 4. The topological polar surface area (TPSA) is 95.1 Å². The van der Waals surface area contributed by atoms with Crippen LogP contribution >= 0.6 is 0 Å². The molecule has 204 valence electrons. The van der Waals surface area contributed by atoms with Crippen molar-refractivity contribution in [3.63, 3.8) is 0 Å². The second kappa shape index (κ2) is 10.1. The van der Waals surface area contributed by atoms with Crippen molar-refractivity contribution < 1.29 is 9.47 Å². The lowest BCUT2D eigenvalue weighted by molar-refractivity contribution is -0.00876. The lowest BCUT2D eigenvalue weighted by Crippen LogP contribution is -2.68. The van der Waals surface area contributed by atoms with Crippen LogP contribution in [-0.4, -0.2) is 83.1 Å². The molecule has 4 aliphatic heterocycles. The predicted molar refractivity (Wildman–Crippen MR) is 152 cm³/mol. The Kier molecular flexibility index (Phi) is 6.25. The Morgan fingerprint density at radius 1 is 1.00 bits per heavy atom. The van der Waals surface area contributed by atoms with E-state index in [0.717, 1.165) is 67.3 Å². The van der Waals surface area contributed by atoms with Crippen molar-refractivity contribution in [2.24, 2.45) is 0 Å². The molecule has 4 aliphatic rings.